The smallest absolute Gasteiger partial charge is 0.350 e. The minimum absolute atomic E-state index is 0.0264. The summed E-state index contributed by atoms with van der Waals surface area (Å²) in [5.41, 5.74) is -2.15. The lowest BCUT2D eigenvalue weighted by molar-refractivity contribution is -0.208. The average molecular weight is 208 g/mol. The first-order valence-corrected chi connectivity index (χ1v) is 4.42. The van der Waals surface area contributed by atoms with Gasteiger partial charge in [-0.3, -0.25) is 9.59 Å². The van der Waals surface area contributed by atoms with Gasteiger partial charge in [-0.15, -0.1) is 0 Å². The monoisotopic (exact) mass is 208 g/mol. The summed E-state index contributed by atoms with van der Waals surface area (Å²) in [7, 11) is 1.37. The summed E-state index contributed by atoms with van der Waals surface area (Å²) in [4.78, 5) is 45.7. The molecular weight excluding hydrogens is 201 g/mol. The second-order valence-electron chi connectivity index (χ2n) is 3.80. The Morgan fingerprint density at radius 3 is 1.93 bits per heavy atom. The quantitative estimate of drug-likeness (QED) is 0.248. The molecule has 2 heterocycles. The van der Waals surface area contributed by atoms with Crippen LogP contribution in [0.1, 0.15) is 13.8 Å². The van der Waals surface area contributed by atoms with E-state index < -0.39 is 29.2 Å². The fraction of sp³-hybridized carbons (Fsp3) is 0.500. The second kappa shape index (κ2) is 2.68. The second-order valence-corrected chi connectivity index (χ2v) is 3.80. The van der Waals surface area contributed by atoms with Gasteiger partial charge in [0.1, 0.15) is 0 Å². The maximum absolute atomic E-state index is 11.5. The zero-order chi connectivity index (χ0) is 11.4. The Labute approximate surface area is 85.8 Å². The molecule has 0 aromatic carbocycles. The average Bonchev–Trinajstić information content (AvgIpc) is 2.14. The van der Waals surface area contributed by atoms with E-state index in [1.165, 1.54) is 7.41 Å². The molecule has 2 rings (SSSR count). The molecule has 0 unspecified atom stereocenters. The van der Waals surface area contributed by atoms with Gasteiger partial charge in [0.2, 0.25) is 0 Å². The minimum atomic E-state index is -2.15. The maximum atomic E-state index is 11.5. The molecule has 2 fully saturated rings. The van der Waals surface area contributed by atoms with Gasteiger partial charge in [0.25, 0.3) is 19.2 Å². The van der Waals surface area contributed by atoms with E-state index >= 15 is 0 Å². The van der Waals surface area contributed by atoms with Crippen LogP contribution in [0, 0.1) is 5.41 Å². The number of β-lactam (4-membered cyclic amide) rings is 2. The van der Waals surface area contributed by atoms with Crippen LogP contribution in [0.15, 0.2) is 0 Å². The van der Waals surface area contributed by atoms with Crippen LogP contribution in [0.5, 0.6) is 0 Å². The number of ether oxygens (including phenoxy) is 1. The first-order valence-electron chi connectivity index (χ1n) is 4.42. The molecule has 15 heavy (non-hydrogen) atoms. The summed E-state index contributed by atoms with van der Waals surface area (Å²) in [6.07, 6.45) is 0. The lowest BCUT2D eigenvalue weighted by Crippen LogP contribution is -2.79. The number of nitrogens with zero attached hydrogens (tertiary/aromatic N) is 1. The molecule has 0 aliphatic carbocycles. The van der Waals surface area contributed by atoms with E-state index in [2.05, 4.69) is 4.74 Å². The van der Waals surface area contributed by atoms with Crippen molar-refractivity contribution in [2.24, 2.45) is 5.41 Å². The lowest BCUT2D eigenvalue weighted by atomic mass is 9.64. The van der Waals surface area contributed by atoms with Gasteiger partial charge in [-0.25, -0.2) is 9.59 Å². The van der Waals surface area contributed by atoms with Crippen LogP contribution in [0.3, 0.4) is 0 Å². The molecular formula is C8H7BNO5. The van der Waals surface area contributed by atoms with Crippen LogP contribution in [-0.4, -0.2) is 36.0 Å². The van der Waals surface area contributed by atoms with Crippen LogP contribution in [0.4, 0.5) is 0 Å². The highest BCUT2D eigenvalue weighted by atomic mass is 16.6. The van der Waals surface area contributed by atoms with Gasteiger partial charge in [-0.2, -0.15) is 0 Å². The number of carbonyl (C=O) groups excluding carboxylic acids is 4. The van der Waals surface area contributed by atoms with E-state index in [1.807, 2.05) is 0 Å². The SMILES string of the molecule is CC(C)[B]N1C(=O)C2(C(=O)OC2=O)C1=O. The lowest BCUT2D eigenvalue weighted by Gasteiger charge is -2.46. The maximum Gasteiger partial charge on any atom is 0.350 e. The van der Waals surface area contributed by atoms with Crippen molar-refractivity contribution in [1.82, 2.24) is 4.81 Å². The van der Waals surface area contributed by atoms with E-state index in [-0.39, 0.29) is 5.82 Å². The summed E-state index contributed by atoms with van der Waals surface area (Å²) in [5.74, 6) is -3.75. The highest BCUT2D eigenvalue weighted by Crippen LogP contribution is 2.42. The van der Waals surface area contributed by atoms with Crippen LogP contribution in [-0.2, 0) is 23.9 Å². The summed E-state index contributed by atoms with van der Waals surface area (Å²) in [6.45, 7) is 3.54. The highest BCUT2D eigenvalue weighted by molar-refractivity contribution is 6.60. The molecule has 77 valence electrons. The standard InChI is InChI=1S/C8H7BNO5/c1-3(2)9-10-4(11)8(5(10)12)6(13)15-7(8)14/h3H,1-2H3. The molecule has 0 N–H and O–H groups in total. The normalized spacial score (nSPS) is 22.7. The van der Waals surface area contributed by atoms with Crippen LogP contribution in [0.25, 0.3) is 0 Å². The molecule has 0 bridgehead atoms. The predicted molar refractivity (Wildman–Crippen MR) is 46.2 cm³/mol. The van der Waals surface area contributed by atoms with Gasteiger partial charge >= 0.3 is 17.4 Å². The van der Waals surface area contributed by atoms with Gasteiger partial charge in [0.05, 0.1) is 0 Å². The van der Waals surface area contributed by atoms with E-state index in [0.717, 1.165) is 4.81 Å². The molecule has 2 amide bonds. The largest absolute Gasteiger partial charge is 0.390 e. The fourth-order valence-corrected chi connectivity index (χ4v) is 1.55. The Balaban J connectivity index is 2.22. The first-order chi connectivity index (χ1) is 6.92. The van der Waals surface area contributed by atoms with Crippen molar-refractivity contribution < 1.29 is 23.9 Å². The van der Waals surface area contributed by atoms with E-state index in [1.54, 1.807) is 13.8 Å². The fourth-order valence-electron chi connectivity index (χ4n) is 1.55. The third-order valence-corrected chi connectivity index (χ3v) is 2.32. The zero-order valence-corrected chi connectivity index (χ0v) is 8.14. The molecule has 2 aliphatic heterocycles. The molecule has 7 heteroatoms. The number of amides is 2. The van der Waals surface area contributed by atoms with Gasteiger partial charge in [0, 0.05) is 0 Å². The van der Waals surface area contributed by atoms with E-state index in [9.17, 15) is 19.2 Å². The van der Waals surface area contributed by atoms with Gasteiger partial charge in [-0.1, -0.05) is 19.7 Å². The molecule has 1 radical (unpaired) electrons. The van der Waals surface area contributed by atoms with Gasteiger partial charge in [-0.05, 0) is 0 Å². The minimum Gasteiger partial charge on any atom is -0.390 e. The zero-order valence-electron chi connectivity index (χ0n) is 8.14. The van der Waals surface area contributed by atoms with Crippen LogP contribution < -0.4 is 0 Å². The molecule has 1 spiro atoms. The number of rotatable bonds is 2. The van der Waals surface area contributed by atoms with Crippen LogP contribution in [0.2, 0.25) is 5.82 Å². The number of cyclic esters (lactones) is 2. The summed E-state index contributed by atoms with van der Waals surface area (Å²) in [5, 5.41) is 0. The molecule has 2 aliphatic rings. The number of hydrogen-bond donors (Lipinski definition) is 0. The Hall–Kier alpha value is -1.66. The summed E-state index contributed by atoms with van der Waals surface area (Å²) >= 11 is 0. The summed E-state index contributed by atoms with van der Waals surface area (Å²) in [6, 6.07) is 0. The van der Waals surface area contributed by atoms with Crippen molar-refractivity contribution in [1.29, 1.82) is 0 Å². The molecule has 0 aromatic heterocycles. The van der Waals surface area contributed by atoms with Crippen molar-refractivity contribution >= 4 is 31.2 Å². The number of imide groups is 1. The number of carbonyl (C=O) groups is 4. The summed E-state index contributed by atoms with van der Waals surface area (Å²) < 4.78 is 4.03. The van der Waals surface area contributed by atoms with E-state index in [4.69, 9.17) is 0 Å². The van der Waals surface area contributed by atoms with Crippen molar-refractivity contribution in [2.75, 3.05) is 0 Å². The Morgan fingerprint density at radius 1 is 1.13 bits per heavy atom. The highest BCUT2D eigenvalue weighted by Gasteiger charge is 2.79. The molecule has 6 nitrogen and oxygen atoms in total. The molecule has 0 aromatic rings. The predicted octanol–water partition coefficient (Wildman–Crippen LogP) is -1.13. The number of esters is 2. The third-order valence-electron chi connectivity index (χ3n) is 2.32. The third kappa shape index (κ3) is 0.899. The van der Waals surface area contributed by atoms with Crippen molar-refractivity contribution in [2.45, 2.75) is 19.7 Å². The van der Waals surface area contributed by atoms with Crippen molar-refractivity contribution in [3.63, 3.8) is 0 Å². The topological polar surface area (TPSA) is 80.8 Å². The van der Waals surface area contributed by atoms with Gasteiger partial charge < -0.3 is 9.55 Å². The molecule has 0 saturated carbocycles. The Kier molecular flexibility index (Phi) is 1.77. The first kappa shape index (κ1) is 9.88. The Morgan fingerprint density at radius 2 is 1.60 bits per heavy atom. The Bertz CT molecular complexity index is 370. The molecule has 2 saturated heterocycles. The molecule has 0 atom stereocenters. The van der Waals surface area contributed by atoms with Crippen molar-refractivity contribution in [3.05, 3.63) is 0 Å². The number of hydrogen-bond acceptors (Lipinski definition) is 5. The van der Waals surface area contributed by atoms with Crippen LogP contribution >= 0.6 is 0 Å². The van der Waals surface area contributed by atoms with E-state index in [0.29, 0.717) is 0 Å². The van der Waals surface area contributed by atoms with Gasteiger partial charge in [0.15, 0.2) is 0 Å². The van der Waals surface area contributed by atoms with Crippen molar-refractivity contribution in [3.8, 4) is 0 Å².